The lowest BCUT2D eigenvalue weighted by molar-refractivity contribution is -0.131. The lowest BCUT2D eigenvalue weighted by atomic mass is 9.85. The van der Waals surface area contributed by atoms with E-state index in [2.05, 4.69) is 41.1 Å². The molecule has 142 valence electrons. The first-order chi connectivity index (χ1) is 13.1. The predicted octanol–water partition coefficient (Wildman–Crippen LogP) is 3.56. The standard InChI is InChI=1S/C22H27N3O2/c1-17-5-8-19(9-6-17)25-14-4-12-22(21(25)26)11-3-13-24(22)16-18-7-10-20(27-2)23-15-18/h5-10,15H,3-4,11-14,16H2,1-2H3. The van der Waals surface area contributed by atoms with Crippen LogP contribution >= 0.6 is 0 Å². The average molecular weight is 365 g/mol. The molecule has 1 amide bonds. The summed E-state index contributed by atoms with van der Waals surface area (Å²) in [5, 5.41) is 0. The number of anilines is 1. The lowest BCUT2D eigenvalue weighted by Gasteiger charge is -2.44. The van der Waals surface area contributed by atoms with Crippen LogP contribution in [-0.2, 0) is 11.3 Å². The van der Waals surface area contributed by atoms with Crippen LogP contribution in [0.25, 0.3) is 0 Å². The maximum absolute atomic E-state index is 13.6. The van der Waals surface area contributed by atoms with E-state index in [4.69, 9.17) is 4.74 Å². The fraction of sp³-hybridized carbons (Fsp3) is 0.455. The number of nitrogens with zero attached hydrogens (tertiary/aromatic N) is 3. The van der Waals surface area contributed by atoms with E-state index in [1.807, 2.05) is 23.2 Å². The van der Waals surface area contributed by atoms with Crippen molar-refractivity contribution in [3.63, 3.8) is 0 Å². The molecule has 2 fully saturated rings. The molecular formula is C22H27N3O2. The van der Waals surface area contributed by atoms with E-state index in [1.54, 1.807) is 7.11 Å². The number of methoxy groups -OCH3 is 1. The van der Waals surface area contributed by atoms with Gasteiger partial charge >= 0.3 is 0 Å². The quantitative estimate of drug-likeness (QED) is 0.831. The number of carbonyl (C=O) groups excluding carboxylic acids is 1. The Morgan fingerprint density at radius 2 is 1.81 bits per heavy atom. The highest BCUT2D eigenvalue weighted by molar-refractivity contribution is 6.01. The van der Waals surface area contributed by atoms with E-state index < -0.39 is 0 Å². The van der Waals surface area contributed by atoms with Crippen LogP contribution in [0, 0.1) is 6.92 Å². The SMILES string of the molecule is COc1ccc(CN2CCCC23CCCN(c2ccc(C)cc2)C3=O)cn1. The first-order valence-corrected chi connectivity index (χ1v) is 9.75. The minimum absolute atomic E-state index is 0.261. The van der Waals surface area contributed by atoms with Crippen LogP contribution in [0.2, 0.25) is 0 Å². The molecule has 4 rings (SSSR count). The van der Waals surface area contributed by atoms with E-state index in [0.29, 0.717) is 5.88 Å². The summed E-state index contributed by atoms with van der Waals surface area (Å²) >= 11 is 0. The molecule has 2 aromatic rings. The molecule has 0 aliphatic carbocycles. The van der Waals surface area contributed by atoms with Gasteiger partial charge in [-0.15, -0.1) is 0 Å². The number of carbonyl (C=O) groups is 1. The Labute approximate surface area is 161 Å². The smallest absolute Gasteiger partial charge is 0.247 e. The van der Waals surface area contributed by atoms with Crippen molar-refractivity contribution in [3.8, 4) is 5.88 Å². The molecule has 1 unspecified atom stereocenters. The molecule has 1 atom stereocenters. The zero-order valence-electron chi connectivity index (χ0n) is 16.1. The molecule has 0 bridgehead atoms. The third-order valence-electron chi connectivity index (χ3n) is 5.96. The van der Waals surface area contributed by atoms with Crippen LogP contribution in [0.1, 0.15) is 36.8 Å². The average Bonchev–Trinajstić information content (AvgIpc) is 3.08. The summed E-state index contributed by atoms with van der Waals surface area (Å²) in [7, 11) is 1.62. The van der Waals surface area contributed by atoms with Crippen LogP contribution in [0.4, 0.5) is 5.69 Å². The second-order valence-electron chi connectivity index (χ2n) is 7.66. The normalized spacial score (nSPS) is 23.2. The maximum atomic E-state index is 13.6. The molecule has 5 nitrogen and oxygen atoms in total. The number of amides is 1. The van der Waals surface area contributed by atoms with E-state index in [-0.39, 0.29) is 11.4 Å². The summed E-state index contributed by atoms with van der Waals surface area (Å²) in [5.74, 6) is 0.880. The molecule has 2 saturated heterocycles. The van der Waals surface area contributed by atoms with Crippen molar-refractivity contribution in [2.75, 3.05) is 25.1 Å². The molecule has 0 radical (unpaired) electrons. The highest BCUT2D eigenvalue weighted by atomic mass is 16.5. The fourth-order valence-corrected chi connectivity index (χ4v) is 4.50. The molecule has 27 heavy (non-hydrogen) atoms. The van der Waals surface area contributed by atoms with Gasteiger partial charge in [0.1, 0.15) is 5.54 Å². The Morgan fingerprint density at radius 3 is 2.48 bits per heavy atom. The van der Waals surface area contributed by atoms with Crippen LogP contribution < -0.4 is 9.64 Å². The van der Waals surface area contributed by atoms with Gasteiger partial charge in [0.05, 0.1) is 7.11 Å². The largest absolute Gasteiger partial charge is 0.481 e. The molecular weight excluding hydrogens is 338 g/mol. The molecule has 0 N–H and O–H groups in total. The third-order valence-corrected chi connectivity index (χ3v) is 5.96. The number of aromatic nitrogens is 1. The monoisotopic (exact) mass is 365 g/mol. The van der Waals surface area contributed by atoms with Crippen molar-refractivity contribution in [2.45, 2.75) is 44.7 Å². The number of aryl methyl sites for hydroxylation is 1. The number of ether oxygens (including phenoxy) is 1. The molecule has 1 aromatic carbocycles. The van der Waals surface area contributed by atoms with Crippen molar-refractivity contribution < 1.29 is 9.53 Å². The van der Waals surface area contributed by atoms with E-state index in [0.717, 1.165) is 56.6 Å². The van der Waals surface area contributed by atoms with Crippen molar-refractivity contribution in [2.24, 2.45) is 0 Å². The highest BCUT2D eigenvalue weighted by Gasteiger charge is 2.50. The molecule has 0 saturated carbocycles. The maximum Gasteiger partial charge on any atom is 0.247 e. The summed E-state index contributed by atoms with van der Waals surface area (Å²) < 4.78 is 5.15. The Kier molecular flexibility index (Phi) is 4.87. The van der Waals surface area contributed by atoms with Crippen molar-refractivity contribution in [1.82, 2.24) is 9.88 Å². The molecule has 1 aromatic heterocycles. The van der Waals surface area contributed by atoms with Crippen molar-refractivity contribution in [1.29, 1.82) is 0 Å². The van der Waals surface area contributed by atoms with Crippen LogP contribution in [0.3, 0.4) is 0 Å². The summed E-state index contributed by atoms with van der Waals surface area (Å²) in [6.07, 6.45) is 5.85. The van der Waals surface area contributed by atoms with Gasteiger partial charge in [0.2, 0.25) is 11.8 Å². The number of pyridine rings is 1. The van der Waals surface area contributed by atoms with Gasteiger partial charge in [-0.1, -0.05) is 23.8 Å². The van der Waals surface area contributed by atoms with Gasteiger partial charge in [-0.25, -0.2) is 4.98 Å². The number of likely N-dealkylation sites (tertiary alicyclic amines) is 1. The zero-order valence-corrected chi connectivity index (χ0v) is 16.1. The van der Waals surface area contributed by atoms with E-state index in [9.17, 15) is 4.79 Å². The van der Waals surface area contributed by atoms with Crippen molar-refractivity contribution >= 4 is 11.6 Å². The van der Waals surface area contributed by atoms with Crippen LogP contribution in [0.15, 0.2) is 42.6 Å². The number of hydrogen-bond donors (Lipinski definition) is 0. The minimum Gasteiger partial charge on any atom is -0.481 e. The predicted molar refractivity (Wildman–Crippen MR) is 106 cm³/mol. The Balaban J connectivity index is 1.57. The Morgan fingerprint density at radius 1 is 1.07 bits per heavy atom. The van der Waals surface area contributed by atoms with Gasteiger partial charge in [0, 0.05) is 31.0 Å². The molecule has 2 aliphatic rings. The highest BCUT2D eigenvalue weighted by Crippen LogP contribution is 2.40. The van der Waals surface area contributed by atoms with Gasteiger partial charge in [0.15, 0.2) is 0 Å². The summed E-state index contributed by atoms with van der Waals surface area (Å²) in [6.45, 7) is 4.59. The molecule has 3 heterocycles. The first-order valence-electron chi connectivity index (χ1n) is 9.75. The summed E-state index contributed by atoms with van der Waals surface area (Å²) in [4.78, 5) is 22.3. The third kappa shape index (κ3) is 3.32. The molecule has 1 spiro atoms. The first kappa shape index (κ1) is 18.0. The van der Waals surface area contributed by atoms with Crippen LogP contribution in [-0.4, -0.2) is 41.5 Å². The van der Waals surface area contributed by atoms with Gasteiger partial charge in [-0.2, -0.15) is 0 Å². The second-order valence-corrected chi connectivity index (χ2v) is 7.66. The number of benzene rings is 1. The number of hydrogen-bond acceptors (Lipinski definition) is 4. The fourth-order valence-electron chi connectivity index (χ4n) is 4.50. The molecule has 2 aliphatic heterocycles. The van der Waals surface area contributed by atoms with Gasteiger partial charge in [-0.05, 0) is 56.8 Å². The topological polar surface area (TPSA) is 45.7 Å². The lowest BCUT2D eigenvalue weighted by Crippen LogP contribution is -2.59. The van der Waals surface area contributed by atoms with Gasteiger partial charge in [0.25, 0.3) is 0 Å². The van der Waals surface area contributed by atoms with E-state index >= 15 is 0 Å². The van der Waals surface area contributed by atoms with Crippen LogP contribution in [0.5, 0.6) is 5.88 Å². The summed E-state index contributed by atoms with van der Waals surface area (Å²) in [5.41, 5.74) is 2.98. The van der Waals surface area contributed by atoms with Gasteiger partial charge in [-0.3, -0.25) is 9.69 Å². The molecule has 5 heteroatoms. The minimum atomic E-state index is -0.372. The van der Waals surface area contributed by atoms with Crippen molar-refractivity contribution in [3.05, 3.63) is 53.7 Å². The Bertz CT molecular complexity index is 803. The Hall–Kier alpha value is -2.40. The number of piperidine rings is 1. The second kappa shape index (κ2) is 7.31. The van der Waals surface area contributed by atoms with E-state index in [1.165, 1.54) is 5.56 Å². The number of rotatable bonds is 4. The summed E-state index contributed by atoms with van der Waals surface area (Å²) in [6, 6.07) is 12.2. The zero-order chi connectivity index (χ0) is 18.9. The van der Waals surface area contributed by atoms with Gasteiger partial charge < -0.3 is 9.64 Å².